The molecule has 14 heavy (non-hydrogen) atoms. The second-order valence-electron chi connectivity index (χ2n) is 2.73. The van der Waals surface area contributed by atoms with Gasteiger partial charge in [0.1, 0.15) is 16.8 Å². The number of fused-ring (bicyclic) bond motifs is 1. The normalized spacial score (nSPS) is 19.0. The highest BCUT2D eigenvalue weighted by atomic mass is 32.2. The Labute approximate surface area is 88.0 Å². The first-order chi connectivity index (χ1) is 6.72. The van der Waals surface area contributed by atoms with Crippen molar-refractivity contribution in [3.05, 3.63) is 23.5 Å². The SMILES string of the molecule is C#CCc1cc(F)cc2c1SNS2=O. The van der Waals surface area contributed by atoms with Crippen LogP contribution in [0.5, 0.6) is 0 Å². The lowest BCUT2D eigenvalue weighted by Gasteiger charge is -2.02. The molecule has 1 N–H and O–H groups in total. The zero-order valence-electron chi connectivity index (χ0n) is 7.04. The summed E-state index contributed by atoms with van der Waals surface area (Å²) < 4.78 is 27.1. The molecule has 2 nitrogen and oxygen atoms in total. The van der Waals surface area contributed by atoms with E-state index in [0.29, 0.717) is 16.9 Å². The van der Waals surface area contributed by atoms with E-state index in [1.807, 2.05) is 0 Å². The fourth-order valence-electron chi connectivity index (χ4n) is 1.24. The number of nitrogens with one attached hydrogen (secondary N) is 1. The Kier molecular flexibility index (Phi) is 2.59. The molecule has 0 radical (unpaired) electrons. The van der Waals surface area contributed by atoms with Crippen LogP contribution in [0, 0.1) is 18.2 Å². The quantitative estimate of drug-likeness (QED) is 0.583. The fraction of sp³-hybridized carbons (Fsp3) is 0.111. The minimum absolute atomic E-state index is 0.353. The van der Waals surface area contributed by atoms with E-state index < -0.39 is 16.8 Å². The molecule has 0 aromatic heterocycles. The lowest BCUT2D eigenvalue weighted by molar-refractivity contribution is 0.617. The van der Waals surface area contributed by atoms with Gasteiger partial charge in [-0.15, -0.1) is 12.3 Å². The third kappa shape index (κ3) is 1.57. The van der Waals surface area contributed by atoms with Gasteiger partial charge in [-0.05, 0) is 29.6 Å². The highest BCUT2D eigenvalue weighted by Crippen LogP contribution is 2.34. The minimum Gasteiger partial charge on any atom is -0.237 e. The van der Waals surface area contributed by atoms with E-state index in [4.69, 9.17) is 6.42 Å². The highest BCUT2D eigenvalue weighted by Gasteiger charge is 2.22. The molecule has 0 saturated heterocycles. The van der Waals surface area contributed by atoms with Crippen LogP contribution >= 0.6 is 11.9 Å². The number of benzene rings is 1. The summed E-state index contributed by atoms with van der Waals surface area (Å²) in [6, 6.07) is 2.66. The van der Waals surface area contributed by atoms with E-state index in [-0.39, 0.29) is 0 Å². The van der Waals surface area contributed by atoms with Crippen molar-refractivity contribution in [1.29, 1.82) is 0 Å². The van der Waals surface area contributed by atoms with Crippen LogP contribution in [0.25, 0.3) is 0 Å². The second-order valence-corrected chi connectivity index (χ2v) is 4.98. The summed E-state index contributed by atoms with van der Waals surface area (Å²) >= 11 is 1.24. The number of halogens is 1. The predicted octanol–water partition coefficient (Wildman–Crippen LogP) is 1.63. The Morgan fingerprint density at radius 1 is 1.64 bits per heavy atom. The Morgan fingerprint density at radius 2 is 2.43 bits per heavy atom. The molecule has 0 spiro atoms. The Morgan fingerprint density at radius 3 is 3.14 bits per heavy atom. The molecule has 1 atom stereocenters. The maximum Gasteiger partial charge on any atom is 0.136 e. The zero-order valence-corrected chi connectivity index (χ0v) is 8.67. The van der Waals surface area contributed by atoms with Gasteiger partial charge >= 0.3 is 0 Å². The molecule has 5 heteroatoms. The van der Waals surface area contributed by atoms with Gasteiger partial charge in [0.05, 0.1) is 4.90 Å². The number of rotatable bonds is 1. The maximum atomic E-state index is 13.1. The van der Waals surface area contributed by atoms with Crippen LogP contribution in [-0.2, 0) is 17.4 Å². The van der Waals surface area contributed by atoms with Gasteiger partial charge in [0, 0.05) is 11.3 Å². The Bertz CT molecular complexity index is 453. The van der Waals surface area contributed by atoms with Crippen molar-refractivity contribution in [2.45, 2.75) is 16.2 Å². The Hall–Kier alpha value is -0.830. The summed E-state index contributed by atoms with van der Waals surface area (Å²) in [6.45, 7) is 0. The van der Waals surface area contributed by atoms with Crippen LogP contribution in [0.2, 0.25) is 0 Å². The number of terminal acetylenes is 1. The molecule has 0 bridgehead atoms. The van der Waals surface area contributed by atoms with Crippen LogP contribution < -0.4 is 4.13 Å². The van der Waals surface area contributed by atoms with Gasteiger partial charge in [-0.2, -0.15) is 4.13 Å². The molecule has 2 rings (SSSR count). The van der Waals surface area contributed by atoms with Gasteiger partial charge in [-0.25, -0.2) is 8.60 Å². The van der Waals surface area contributed by atoms with E-state index in [2.05, 4.69) is 10.0 Å². The van der Waals surface area contributed by atoms with E-state index in [1.165, 1.54) is 24.1 Å². The first-order valence-corrected chi connectivity index (χ1v) is 5.79. The largest absolute Gasteiger partial charge is 0.237 e. The standard InChI is InChI=1S/C9H6FNOS2/c1-2-3-6-4-7(10)5-8-9(6)13-11-14(8)12/h1,4-5,11H,3H2. The molecule has 0 amide bonds. The van der Waals surface area contributed by atoms with Gasteiger partial charge in [0.15, 0.2) is 0 Å². The molecule has 0 aliphatic carbocycles. The summed E-state index contributed by atoms with van der Waals surface area (Å²) in [4.78, 5) is 1.28. The lowest BCUT2D eigenvalue weighted by atomic mass is 10.1. The van der Waals surface area contributed by atoms with Crippen LogP contribution in [0.1, 0.15) is 5.56 Å². The van der Waals surface area contributed by atoms with Gasteiger partial charge < -0.3 is 0 Å². The average molecular weight is 227 g/mol. The van der Waals surface area contributed by atoms with Crippen molar-refractivity contribution in [1.82, 2.24) is 4.13 Å². The summed E-state index contributed by atoms with van der Waals surface area (Å²) in [5.74, 6) is 2.05. The van der Waals surface area contributed by atoms with Crippen LogP contribution in [0.15, 0.2) is 21.9 Å². The molecular formula is C9H6FNOS2. The number of hydrogen-bond acceptors (Lipinski definition) is 2. The van der Waals surface area contributed by atoms with Crippen LogP contribution in [0.3, 0.4) is 0 Å². The fourth-order valence-corrected chi connectivity index (χ4v) is 3.53. The van der Waals surface area contributed by atoms with Crippen molar-refractivity contribution in [3.8, 4) is 12.3 Å². The zero-order chi connectivity index (χ0) is 10.1. The summed E-state index contributed by atoms with van der Waals surface area (Å²) in [6.07, 6.45) is 5.51. The molecule has 1 heterocycles. The van der Waals surface area contributed by atoms with Crippen LogP contribution in [0.4, 0.5) is 4.39 Å². The topological polar surface area (TPSA) is 29.1 Å². The molecule has 1 aromatic rings. The van der Waals surface area contributed by atoms with E-state index in [1.54, 1.807) is 0 Å². The average Bonchev–Trinajstić information content (AvgIpc) is 2.49. The molecule has 1 aliphatic rings. The molecule has 0 saturated carbocycles. The third-order valence-corrected chi connectivity index (χ3v) is 4.28. The van der Waals surface area contributed by atoms with E-state index >= 15 is 0 Å². The first kappa shape index (κ1) is 9.71. The lowest BCUT2D eigenvalue weighted by Crippen LogP contribution is -1.99. The first-order valence-electron chi connectivity index (χ1n) is 3.82. The Balaban J connectivity index is 2.58. The smallest absolute Gasteiger partial charge is 0.136 e. The van der Waals surface area contributed by atoms with Gasteiger partial charge in [-0.1, -0.05) is 0 Å². The van der Waals surface area contributed by atoms with Crippen molar-refractivity contribution >= 4 is 22.9 Å². The van der Waals surface area contributed by atoms with Crippen molar-refractivity contribution in [3.63, 3.8) is 0 Å². The van der Waals surface area contributed by atoms with Crippen molar-refractivity contribution in [2.75, 3.05) is 0 Å². The minimum atomic E-state index is -1.32. The van der Waals surface area contributed by atoms with Crippen molar-refractivity contribution < 1.29 is 8.60 Å². The molecule has 1 unspecified atom stereocenters. The summed E-state index contributed by atoms with van der Waals surface area (Å²) in [7, 11) is -1.32. The molecule has 72 valence electrons. The van der Waals surface area contributed by atoms with E-state index in [0.717, 1.165) is 4.90 Å². The summed E-state index contributed by atoms with van der Waals surface area (Å²) in [5, 5.41) is 0. The third-order valence-electron chi connectivity index (χ3n) is 1.81. The van der Waals surface area contributed by atoms with Gasteiger partial charge in [-0.3, -0.25) is 0 Å². The molecule has 1 aromatic carbocycles. The second kappa shape index (κ2) is 3.73. The summed E-state index contributed by atoms with van der Waals surface area (Å²) in [5.41, 5.74) is 0.714. The van der Waals surface area contributed by atoms with E-state index in [9.17, 15) is 8.60 Å². The highest BCUT2D eigenvalue weighted by molar-refractivity contribution is 8.09. The van der Waals surface area contributed by atoms with Crippen LogP contribution in [-0.4, -0.2) is 4.21 Å². The molecule has 1 aliphatic heterocycles. The molecule has 0 fully saturated rings. The van der Waals surface area contributed by atoms with Crippen molar-refractivity contribution in [2.24, 2.45) is 0 Å². The predicted molar refractivity (Wildman–Crippen MR) is 54.3 cm³/mol. The monoisotopic (exact) mass is 227 g/mol. The van der Waals surface area contributed by atoms with Gasteiger partial charge in [0.25, 0.3) is 0 Å². The molecular weight excluding hydrogens is 221 g/mol. The van der Waals surface area contributed by atoms with Gasteiger partial charge in [0.2, 0.25) is 0 Å². The number of hydrogen-bond donors (Lipinski definition) is 1. The maximum absolute atomic E-state index is 13.1.